The average Bonchev–Trinajstić information content (AvgIpc) is 2.72. The van der Waals surface area contributed by atoms with Gasteiger partial charge in [-0.05, 0) is 17.2 Å². The fourth-order valence-corrected chi connectivity index (χ4v) is 3.19. The highest BCUT2D eigenvalue weighted by Crippen LogP contribution is 2.25. The first kappa shape index (κ1) is 22.3. The fraction of sp³-hybridized carbons (Fsp3) is 0.400. The summed E-state index contributed by atoms with van der Waals surface area (Å²) in [6.07, 6.45) is -3.37. The molecule has 2 heterocycles. The molecule has 1 aromatic carbocycles. The average molecular weight is 444 g/mol. The predicted molar refractivity (Wildman–Crippen MR) is 105 cm³/mol. The molecule has 30 heavy (non-hydrogen) atoms. The lowest BCUT2D eigenvalue weighted by Crippen LogP contribution is -2.36. The number of hydrogen-bond donors (Lipinski definition) is 1. The Morgan fingerprint density at radius 1 is 1.23 bits per heavy atom. The molecular weight excluding hydrogens is 423 g/mol. The summed E-state index contributed by atoms with van der Waals surface area (Å²) in [6, 6.07) is 9.03. The zero-order valence-corrected chi connectivity index (χ0v) is 16.8. The van der Waals surface area contributed by atoms with E-state index in [1.807, 2.05) is 24.3 Å². The van der Waals surface area contributed by atoms with Crippen molar-refractivity contribution in [1.29, 1.82) is 0 Å². The van der Waals surface area contributed by atoms with Crippen LogP contribution in [0, 0.1) is 0 Å². The number of morpholine rings is 1. The number of ether oxygens (including phenoxy) is 2. The molecule has 1 N–H and O–H groups in total. The molecule has 2 aromatic rings. The normalized spacial score (nSPS) is 15.1. The van der Waals surface area contributed by atoms with E-state index in [2.05, 4.69) is 19.9 Å². The Morgan fingerprint density at radius 2 is 1.93 bits per heavy atom. The van der Waals surface area contributed by atoms with Gasteiger partial charge >= 0.3 is 6.18 Å². The third-order valence-electron chi connectivity index (χ3n) is 4.50. The predicted octanol–water partition coefficient (Wildman–Crippen LogP) is 3.44. The van der Waals surface area contributed by atoms with E-state index in [0.29, 0.717) is 19.8 Å². The second-order valence-corrected chi connectivity index (χ2v) is 7.16. The van der Waals surface area contributed by atoms with Crippen LogP contribution in [0.1, 0.15) is 21.5 Å². The maximum absolute atomic E-state index is 12.4. The summed E-state index contributed by atoms with van der Waals surface area (Å²) in [6.45, 7) is 2.66. The highest BCUT2D eigenvalue weighted by atomic mass is 35.5. The highest BCUT2D eigenvalue weighted by Gasteiger charge is 2.29. The molecule has 1 aromatic heterocycles. The van der Waals surface area contributed by atoms with Gasteiger partial charge in [0.2, 0.25) is 5.88 Å². The summed E-state index contributed by atoms with van der Waals surface area (Å²) in [7, 11) is 0. The number of alkyl halides is 3. The fourth-order valence-electron chi connectivity index (χ4n) is 2.97. The second kappa shape index (κ2) is 10.1. The maximum Gasteiger partial charge on any atom is 0.422 e. The smallest absolute Gasteiger partial charge is 0.422 e. The first-order valence-electron chi connectivity index (χ1n) is 9.32. The molecule has 0 bridgehead atoms. The third-order valence-corrected chi connectivity index (χ3v) is 4.77. The second-order valence-electron chi connectivity index (χ2n) is 6.75. The number of amides is 1. The highest BCUT2D eigenvalue weighted by molar-refractivity contribution is 6.32. The summed E-state index contributed by atoms with van der Waals surface area (Å²) in [5.74, 6) is -0.811. The van der Waals surface area contributed by atoms with Gasteiger partial charge in [-0.15, -0.1) is 0 Å². The number of pyridine rings is 1. The lowest BCUT2D eigenvalue weighted by molar-refractivity contribution is -0.154. The van der Waals surface area contributed by atoms with Crippen molar-refractivity contribution in [1.82, 2.24) is 15.2 Å². The summed E-state index contributed by atoms with van der Waals surface area (Å²) < 4.78 is 46.7. The van der Waals surface area contributed by atoms with Gasteiger partial charge in [0.25, 0.3) is 5.91 Å². The molecule has 6 nitrogen and oxygen atoms in total. The Morgan fingerprint density at radius 3 is 2.60 bits per heavy atom. The molecule has 0 aliphatic carbocycles. The molecular formula is C20H21ClF3N3O3. The number of carbonyl (C=O) groups excluding carboxylic acids is 1. The van der Waals surface area contributed by atoms with Gasteiger partial charge in [0, 0.05) is 32.4 Å². The van der Waals surface area contributed by atoms with Crippen molar-refractivity contribution in [2.45, 2.75) is 19.3 Å². The summed E-state index contributed by atoms with van der Waals surface area (Å²) in [5.41, 5.74) is 2.21. The summed E-state index contributed by atoms with van der Waals surface area (Å²) >= 11 is 5.90. The van der Waals surface area contributed by atoms with Gasteiger partial charge in [-0.1, -0.05) is 35.9 Å². The van der Waals surface area contributed by atoms with Crippen molar-refractivity contribution in [2.75, 3.05) is 32.9 Å². The Labute approximate surface area is 176 Å². The van der Waals surface area contributed by atoms with Crippen molar-refractivity contribution in [3.8, 4) is 5.88 Å². The molecule has 10 heteroatoms. The van der Waals surface area contributed by atoms with Crippen LogP contribution in [-0.4, -0.2) is 54.9 Å². The van der Waals surface area contributed by atoms with Crippen molar-refractivity contribution < 1.29 is 27.4 Å². The minimum atomic E-state index is -4.50. The van der Waals surface area contributed by atoms with Crippen LogP contribution in [0.3, 0.4) is 0 Å². The Bertz CT molecular complexity index is 874. The summed E-state index contributed by atoms with van der Waals surface area (Å²) in [4.78, 5) is 18.4. The number of nitrogens with zero attached hydrogens (tertiary/aromatic N) is 2. The standard InChI is InChI=1S/C20H21ClF3N3O3/c21-17-9-16(11-26-19(17)30-13-20(22,23)24)18(28)25-10-14-3-1-2-4-15(14)12-27-5-7-29-8-6-27/h1-4,9,11H,5-8,10,12-13H2,(H,25,28). The third kappa shape index (κ3) is 6.58. The van der Waals surface area contributed by atoms with Gasteiger partial charge < -0.3 is 14.8 Å². The SMILES string of the molecule is O=C(NCc1ccccc1CN1CCOCC1)c1cnc(OCC(F)(F)F)c(Cl)c1. The summed E-state index contributed by atoms with van der Waals surface area (Å²) in [5, 5.41) is 2.63. The van der Waals surface area contributed by atoms with Crippen molar-refractivity contribution in [2.24, 2.45) is 0 Å². The quantitative estimate of drug-likeness (QED) is 0.710. The first-order valence-corrected chi connectivity index (χ1v) is 9.70. The number of aromatic nitrogens is 1. The van der Waals surface area contributed by atoms with Gasteiger partial charge in [0.1, 0.15) is 5.02 Å². The largest absolute Gasteiger partial charge is 0.467 e. The lowest BCUT2D eigenvalue weighted by Gasteiger charge is -2.27. The molecule has 0 spiro atoms. The van der Waals surface area contributed by atoms with Crippen molar-refractivity contribution in [3.63, 3.8) is 0 Å². The van der Waals surface area contributed by atoms with E-state index in [-0.39, 0.29) is 16.5 Å². The monoisotopic (exact) mass is 443 g/mol. The van der Waals surface area contributed by atoms with Crippen LogP contribution in [0.5, 0.6) is 5.88 Å². The Hall–Kier alpha value is -2.36. The van der Waals surface area contributed by atoms with Crippen LogP contribution in [0.25, 0.3) is 0 Å². The number of benzene rings is 1. The molecule has 0 saturated carbocycles. The molecule has 1 aliphatic rings. The van der Waals surface area contributed by atoms with Crippen LogP contribution in [0.2, 0.25) is 5.02 Å². The van der Waals surface area contributed by atoms with Gasteiger partial charge in [-0.3, -0.25) is 9.69 Å². The number of carbonyl (C=O) groups is 1. The van der Waals surface area contributed by atoms with Gasteiger partial charge in [0.15, 0.2) is 6.61 Å². The number of rotatable bonds is 7. The van der Waals surface area contributed by atoms with Crippen LogP contribution in [0.15, 0.2) is 36.5 Å². The van der Waals surface area contributed by atoms with Crippen LogP contribution >= 0.6 is 11.6 Å². The molecule has 3 rings (SSSR count). The van der Waals surface area contributed by atoms with Crippen LogP contribution in [-0.2, 0) is 17.8 Å². The molecule has 1 amide bonds. The van der Waals surface area contributed by atoms with Crippen LogP contribution in [0.4, 0.5) is 13.2 Å². The van der Waals surface area contributed by atoms with E-state index >= 15 is 0 Å². The number of hydrogen-bond acceptors (Lipinski definition) is 5. The molecule has 1 fully saturated rings. The number of nitrogens with one attached hydrogen (secondary N) is 1. The lowest BCUT2D eigenvalue weighted by atomic mass is 10.1. The molecule has 1 saturated heterocycles. The van der Waals surface area contributed by atoms with Crippen molar-refractivity contribution in [3.05, 3.63) is 58.2 Å². The molecule has 1 aliphatic heterocycles. The molecule has 0 unspecified atom stereocenters. The van der Waals surface area contributed by atoms with E-state index in [9.17, 15) is 18.0 Å². The molecule has 162 valence electrons. The Kier molecular flexibility index (Phi) is 7.52. The van der Waals surface area contributed by atoms with E-state index in [4.69, 9.17) is 16.3 Å². The first-order chi connectivity index (χ1) is 14.3. The van der Waals surface area contributed by atoms with E-state index in [1.165, 1.54) is 6.07 Å². The van der Waals surface area contributed by atoms with E-state index in [1.54, 1.807) is 0 Å². The van der Waals surface area contributed by atoms with E-state index in [0.717, 1.165) is 37.0 Å². The topological polar surface area (TPSA) is 63.7 Å². The molecule has 0 atom stereocenters. The van der Waals surface area contributed by atoms with Gasteiger partial charge in [-0.25, -0.2) is 4.98 Å². The van der Waals surface area contributed by atoms with Gasteiger partial charge in [0.05, 0.1) is 18.8 Å². The zero-order chi connectivity index (χ0) is 21.6. The number of halogens is 4. The van der Waals surface area contributed by atoms with Crippen molar-refractivity contribution >= 4 is 17.5 Å². The van der Waals surface area contributed by atoms with Crippen LogP contribution < -0.4 is 10.1 Å². The minimum Gasteiger partial charge on any atom is -0.467 e. The minimum absolute atomic E-state index is 0.130. The zero-order valence-electron chi connectivity index (χ0n) is 16.0. The van der Waals surface area contributed by atoms with E-state index < -0.39 is 18.7 Å². The Balaban J connectivity index is 1.60. The maximum atomic E-state index is 12.4. The molecule has 0 radical (unpaired) electrons. The van der Waals surface area contributed by atoms with Gasteiger partial charge in [-0.2, -0.15) is 13.2 Å².